The van der Waals surface area contributed by atoms with Crippen molar-refractivity contribution in [3.63, 3.8) is 0 Å². The molecule has 0 radical (unpaired) electrons. The van der Waals surface area contributed by atoms with Gasteiger partial charge in [0.05, 0.1) is 32.3 Å². The number of nitrogens with one attached hydrogen (secondary N) is 3. The number of hydrogen-bond donors (Lipinski definition) is 3. The maximum absolute atomic E-state index is 13.5. The summed E-state index contributed by atoms with van der Waals surface area (Å²) in [4.78, 5) is 12.6. The predicted octanol–water partition coefficient (Wildman–Crippen LogP) is 8.26. The van der Waals surface area contributed by atoms with E-state index in [1.54, 1.807) is 0 Å². The predicted molar refractivity (Wildman–Crippen MR) is 144 cm³/mol. The second-order valence-electron chi connectivity index (χ2n) is 8.82. The highest BCUT2D eigenvalue weighted by Crippen LogP contribution is 2.37. The summed E-state index contributed by atoms with van der Waals surface area (Å²) in [7, 11) is 2.99. The molecule has 0 spiro atoms. The van der Waals surface area contributed by atoms with E-state index in [-0.39, 0.29) is 61.4 Å². The normalized spacial score (nSPS) is 12.0. The highest BCUT2D eigenvalue weighted by molar-refractivity contribution is 6.39. The van der Waals surface area contributed by atoms with E-state index in [2.05, 4.69) is 32.2 Å². The number of anilines is 4. The van der Waals surface area contributed by atoms with E-state index >= 15 is 0 Å². The van der Waals surface area contributed by atoms with Gasteiger partial charge in [0.2, 0.25) is 5.95 Å². The Balaban J connectivity index is 1.73. The minimum absolute atomic E-state index is 0.0264. The second-order valence-corrected chi connectivity index (χ2v) is 9.63. The number of halogens is 9. The van der Waals surface area contributed by atoms with Crippen LogP contribution in [0.15, 0.2) is 43.0 Å². The van der Waals surface area contributed by atoms with Gasteiger partial charge in [0, 0.05) is 31.4 Å². The average Bonchev–Trinajstić information content (AvgIpc) is 3.24. The third-order valence-corrected chi connectivity index (χ3v) is 6.02. The van der Waals surface area contributed by atoms with Crippen molar-refractivity contribution in [1.82, 2.24) is 15.0 Å². The van der Waals surface area contributed by atoms with E-state index in [9.17, 15) is 30.7 Å². The Hall–Kier alpha value is -3.91. The Morgan fingerprint density at radius 1 is 1.00 bits per heavy atom. The van der Waals surface area contributed by atoms with Gasteiger partial charge in [-0.05, 0) is 30.3 Å². The summed E-state index contributed by atoms with van der Waals surface area (Å²) in [6, 6.07) is 6.13. The molecular formula is C25H19Cl2F7N6O. The molecule has 7 nitrogen and oxygen atoms in total. The summed E-state index contributed by atoms with van der Waals surface area (Å²) in [5.74, 6) is -1.24. The summed E-state index contributed by atoms with van der Waals surface area (Å²) in [5, 5.41) is 5.28. The largest absolute Gasteiger partial charge is 0.483 e. The molecule has 0 saturated heterocycles. The minimum Gasteiger partial charge on any atom is -0.483 e. The number of H-pyrrole nitrogens is 1. The first kappa shape index (κ1) is 30.1. The fourth-order valence-electron chi connectivity index (χ4n) is 3.59. The zero-order valence-electron chi connectivity index (χ0n) is 21.0. The Kier molecular flexibility index (Phi) is 8.18. The Bertz CT molecular complexity index is 1600. The molecule has 2 aromatic carbocycles. The van der Waals surface area contributed by atoms with Gasteiger partial charge in [-0.15, -0.1) is 0 Å². The molecule has 16 heteroatoms. The Morgan fingerprint density at radius 3 is 2.24 bits per heavy atom. The van der Waals surface area contributed by atoms with Crippen molar-refractivity contribution in [3.05, 3.63) is 70.0 Å². The summed E-state index contributed by atoms with van der Waals surface area (Å²) >= 11 is 12.1. The lowest BCUT2D eigenvalue weighted by Gasteiger charge is -2.19. The molecule has 0 fully saturated rings. The molecule has 0 unspecified atom stereocenters. The van der Waals surface area contributed by atoms with E-state index in [1.807, 2.05) is 0 Å². The summed E-state index contributed by atoms with van der Waals surface area (Å²) < 4.78 is 97.9. The summed E-state index contributed by atoms with van der Waals surface area (Å²) in [6.07, 6.45) is -9.39. The van der Waals surface area contributed by atoms with Crippen molar-refractivity contribution in [2.24, 2.45) is 0 Å². The van der Waals surface area contributed by atoms with Gasteiger partial charge in [-0.2, -0.15) is 26.3 Å². The third-order valence-electron chi connectivity index (χ3n) is 5.43. The minimum atomic E-state index is -4.70. The van der Waals surface area contributed by atoms with Crippen molar-refractivity contribution >= 4 is 63.2 Å². The van der Waals surface area contributed by atoms with Crippen LogP contribution >= 0.6 is 23.2 Å². The smallest absolute Gasteiger partial charge is 0.422 e. The summed E-state index contributed by atoms with van der Waals surface area (Å²) in [6.45, 7) is 2.11. The summed E-state index contributed by atoms with van der Waals surface area (Å²) in [5.41, 5.74) is -0.624. The van der Waals surface area contributed by atoms with Crippen LogP contribution in [0, 0.1) is 5.82 Å². The number of fused-ring (bicyclic) bond motifs is 1. The molecule has 0 aliphatic carbocycles. The van der Waals surface area contributed by atoms with Gasteiger partial charge in [-0.3, -0.25) is 0 Å². The molecule has 4 aromatic rings. The van der Waals surface area contributed by atoms with Gasteiger partial charge in [-0.25, -0.2) is 14.4 Å². The van der Waals surface area contributed by atoms with Crippen LogP contribution < -0.4 is 20.3 Å². The highest BCUT2D eigenvalue weighted by Gasteiger charge is 2.32. The number of aromatic nitrogens is 3. The molecule has 4 rings (SSSR count). The first-order chi connectivity index (χ1) is 19.0. The van der Waals surface area contributed by atoms with Crippen molar-refractivity contribution in [3.8, 4) is 5.75 Å². The molecule has 2 aromatic heterocycles. The van der Waals surface area contributed by atoms with Gasteiger partial charge < -0.3 is 25.3 Å². The van der Waals surface area contributed by atoms with E-state index in [1.165, 1.54) is 31.1 Å². The number of hydrogen-bond acceptors (Lipinski definition) is 6. The molecule has 0 amide bonds. The van der Waals surface area contributed by atoms with Crippen LogP contribution in [0.1, 0.15) is 11.1 Å². The molecule has 0 atom stereocenters. The number of alkyl halides is 6. The van der Waals surface area contributed by atoms with E-state index in [0.29, 0.717) is 0 Å². The molecule has 2 heterocycles. The lowest BCUT2D eigenvalue weighted by Crippen LogP contribution is -2.20. The van der Waals surface area contributed by atoms with Crippen molar-refractivity contribution < 1.29 is 35.5 Å². The quantitative estimate of drug-likeness (QED) is 0.172. The number of benzene rings is 2. The van der Waals surface area contributed by atoms with E-state index in [4.69, 9.17) is 27.9 Å². The van der Waals surface area contributed by atoms with Gasteiger partial charge in [0.1, 0.15) is 23.2 Å². The van der Waals surface area contributed by atoms with Gasteiger partial charge >= 0.3 is 12.4 Å². The van der Waals surface area contributed by atoms with Crippen molar-refractivity contribution in [2.45, 2.75) is 12.4 Å². The van der Waals surface area contributed by atoms with Gasteiger partial charge in [0.25, 0.3) is 0 Å². The standard InChI is InChI=1S/C25H19Cl2F7N6O/c1-11(35-20-4-12(25(32,33)34)5-21(38-20)40(2)3)14-8-17-18(9-19(14)41-10-24(29,30)31)37-23(36-17)39-22-15(26)6-13(28)7-16(22)27/h4-9H,1,10H2,2-3H3,(H,35,38)(H2,36,37,39). The lowest BCUT2D eigenvalue weighted by molar-refractivity contribution is -0.153. The first-order valence-electron chi connectivity index (χ1n) is 11.4. The maximum atomic E-state index is 13.5. The molecule has 0 bridgehead atoms. The molecule has 41 heavy (non-hydrogen) atoms. The highest BCUT2D eigenvalue weighted by atomic mass is 35.5. The fourth-order valence-corrected chi connectivity index (χ4v) is 4.14. The molecule has 3 N–H and O–H groups in total. The SMILES string of the molecule is C=C(Nc1cc(C(F)(F)F)cc(N(C)C)n1)c1cc2[nH]c(Nc3c(Cl)cc(F)cc3Cl)nc2cc1OCC(F)(F)F. The van der Waals surface area contributed by atoms with Crippen LogP contribution in [-0.2, 0) is 6.18 Å². The lowest BCUT2D eigenvalue weighted by atomic mass is 10.1. The van der Waals surface area contributed by atoms with E-state index in [0.717, 1.165) is 24.3 Å². The molecule has 0 aliphatic rings. The van der Waals surface area contributed by atoms with E-state index < -0.39 is 30.3 Å². The molecular weight excluding hydrogens is 604 g/mol. The topological polar surface area (TPSA) is 78.1 Å². The zero-order valence-corrected chi connectivity index (χ0v) is 22.5. The van der Waals surface area contributed by atoms with Crippen LogP contribution in [0.5, 0.6) is 5.75 Å². The molecule has 0 aliphatic heterocycles. The van der Waals surface area contributed by atoms with Crippen LogP contribution in [0.4, 0.5) is 54.0 Å². The number of ether oxygens (including phenoxy) is 1. The number of nitrogens with zero attached hydrogens (tertiary/aromatic N) is 3. The van der Waals surface area contributed by atoms with Crippen LogP contribution in [0.3, 0.4) is 0 Å². The van der Waals surface area contributed by atoms with Crippen molar-refractivity contribution in [2.75, 3.05) is 36.2 Å². The van der Waals surface area contributed by atoms with Crippen LogP contribution in [0.2, 0.25) is 10.0 Å². The monoisotopic (exact) mass is 622 g/mol. The van der Waals surface area contributed by atoms with Gasteiger partial charge in [0.15, 0.2) is 6.61 Å². The van der Waals surface area contributed by atoms with Crippen molar-refractivity contribution in [1.29, 1.82) is 0 Å². The fraction of sp³-hybridized carbons (Fsp3) is 0.200. The zero-order chi connectivity index (χ0) is 30.3. The number of aromatic amines is 1. The maximum Gasteiger partial charge on any atom is 0.422 e. The average molecular weight is 623 g/mol. The van der Waals surface area contributed by atoms with Gasteiger partial charge in [-0.1, -0.05) is 29.8 Å². The Morgan fingerprint density at radius 2 is 1.66 bits per heavy atom. The molecule has 0 saturated carbocycles. The Labute approximate surface area is 237 Å². The third kappa shape index (κ3) is 7.24. The number of rotatable bonds is 8. The van der Waals surface area contributed by atoms with Crippen LogP contribution in [-0.4, -0.2) is 41.8 Å². The van der Waals surface area contributed by atoms with Crippen LogP contribution in [0.25, 0.3) is 16.7 Å². The number of pyridine rings is 1. The first-order valence-corrected chi connectivity index (χ1v) is 12.1. The second kappa shape index (κ2) is 11.2. The number of imidazole rings is 1. The molecule has 218 valence electrons.